The van der Waals surface area contributed by atoms with Crippen LogP contribution in [0.5, 0.6) is 11.5 Å². The molecule has 0 aliphatic carbocycles. The van der Waals surface area contributed by atoms with Gasteiger partial charge in [-0.25, -0.2) is 4.98 Å². The normalized spacial score (nSPS) is 13.5. The van der Waals surface area contributed by atoms with E-state index in [-0.39, 0.29) is 5.91 Å². The van der Waals surface area contributed by atoms with Gasteiger partial charge in [-0.05, 0) is 43.0 Å². The molecule has 1 aromatic carbocycles. The van der Waals surface area contributed by atoms with E-state index in [0.29, 0.717) is 35.2 Å². The average molecular weight is 404 g/mol. The summed E-state index contributed by atoms with van der Waals surface area (Å²) in [4.78, 5) is 19.3. The molecule has 150 valence electrons. The SMILES string of the molecule is CCCOc1c(Cl)cc(C(=O)NCc2ccc(N3CCCC3)nc2)cc1OC. The zero-order valence-electron chi connectivity index (χ0n) is 16.3. The third-order valence-corrected chi connectivity index (χ3v) is 4.92. The van der Waals surface area contributed by atoms with E-state index in [0.717, 1.165) is 30.9 Å². The van der Waals surface area contributed by atoms with E-state index in [9.17, 15) is 4.79 Å². The molecule has 28 heavy (non-hydrogen) atoms. The van der Waals surface area contributed by atoms with Crippen molar-refractivity contribution in [3.8, 4) is 11.5 Å². The van der Waals surface area contributed by atoms with Crippen molar-refractivity contribution in [3.63, 3.8) is 0 Å². The van der Waals surface area contributed by atoms with Gasteiger partial charge < -0.3 is 19.7 Å². The molecule has 0 atom stereocenters. The second kappa shape index (κ2) is 9.64. The first-order chi connectivity index (χ1) is 13.6. The summed E-state index contributed by atoms with van der Waals surface area (Å²) >= 11 is 6.29. The Bertz CT molecular complexity index is 805. The number of nitrogens with one attached hydrogen (secondary N) is 1. The van der Waals surface area contributed by atoms with Crippen molar-refractivity contribution < 1.29 is 14.3 Å². The van der Waals surface area contributed by atoms with Crippen molar-refractivity contribution in [1.82, 2.24) is 10.3 Å². The van der Waals surface area contributed by atoms with E-state index in [4.69, 9.17) is 21.1 Å². The van der Waals surface area contributed by atoms with Gasteiger partial charge in [0.25, 0.3) is 5.91 Å². The number of aromatic nitrogens is 1. The van der Waals surface area contributed by atoms with Gasteiger partial charge >= 0.3 is 0 Å². The number of anilines is 1. The number of benzene rings is 1. The minimum Gasteiger partial charge on any atom is -0.493 e. The quantitative estimate of drug-likeness (QED) is 0.720. The van der Waals surface area contributed by atoms with Crippen molar-refractivity contribution >= 4 is 23.3 Å². The second-order valence-corrected chi connectivity index (χ2v) is 7.15. The topological polar surface area (TPSA) is 63.7 Å². The van der Waals surface area contributed by atoms with Crippen LogP contribution in [0, 0.1) is 0 Å². The fourth-order valence-electron chi connectivity index (χ4n) is 3.13. The average Bonchev–Trinajstić information content (AvgIpc) is 3.25. The summed E-state index contributed by atoms with van der Waals surface area (Å²) in [5, 5.41) is 3.25. The minimum absolute atomic E-state index is 0.231. The molecule has 7 heteroatoms. The Hall–Kier alpha value is -2.47. The summed E-state index contributed by atoms with van der Waals surface area (Å²) in [7, 11) is 1.53. The molecule has 0 radical (unpaired) electrons. The summed E-state index contributed by atoms with van der Waals surface area (Å²) in [6.07, 6.45) is 5.09. The standard InChI is InChI=1S/C21H26ClN3O3/c1-3-10-28-20-17(22)11-16(12-18(20)27-2)21(26)24-14-15-6-7-19(23-13-15)25-8-4-5-9-25/h6-7,11-13H,3-5,8-10,14H2,1-2H3,(H,24,26). The van der Waals surface area contributed by atoms with E-state index in [1.165, 1.54) is 20.0 Å². The molecule has 1 N–H and O–H groups in total. The van der Waals surface area contributed by atoms with E-state index in [2.05, 4.69) is 15.2 Å². The number of ether oxygens (including phenoxy) is 2. The number of pyridine rings is 1. The third kappa shape index (κ3) is 4.87. The number of carbonyl (C=O) groups is 1. The Morgan fingerprint density at radius 2 is 2.07 bits per heavy atom. The van der Waals surface area contributed by atoms with Crippen molar-refractivity contribution in [2.24, 2.45) is 0 Å². The number of nitrogens with zero attached hydrogens (tertiary/aromatic N) is 2. The largest absolute Gasteiger partial charge is 0.493 e. The number of rotatable bonds is 8. The molecule has 1 aliphatic rings. The Balaban J connectivity index is 1.63. The van der Waals surface area contributed by atoms with Gasteiger partial charge in [0.1, 0.15) is 5.82 Å². The zero-order chi connectivity index (χ0) is 19.9. The van der Waals surface area contributed by atoms with Crippen LogP contribution in [-0.4, -0.2) is 37.7 Å². The van der Waals surface area contributed by atoms with Gasteiger partial charge in [0.15, 0.2) is 11.5 Å². The first-order valence-electron chi connectivity index (χ1n) is 9.60. The fourth-order valence-corrected chi connectivity index (χ4v) is 3.40. The maximum atomic E-state index is 12.5. The number of amides is 1. The van der Waals surface area contributed by atoms with Crippen LogP contribution in [0.15, 0.2) is 30.5 Å². The van der Waals surface area contributed by atoms with Gasteiger partial charge in [0.2, 0.25) is 0 Å². The van der Waals surface area contributed by atoms with Crippen LogP contribution in [0.25, 0.3) is 0 Å². The third-order valence-electron chi connectivity index (χ3n) is 4.63. The van der Waals surface area contributed by atoms with Crippen LogP contribution >= 0.6 is 11.6 Å². The summed E-state index contributed by atoms with van der Waals surface area (Å²) in [6.45, 7) is 5.05. The molecule has 1 amide bonds. The maximum absolute atomic E-state index is 12.5. The number of halogens is 1. The maximum Gasteiger partial charge on any atom is 0.251 e. The lowest BCUT2D eigenvalue weighted by Crippen LogP contribution is -2.23. The smallest absolute Gasteiger partial charge is 0.251 e. The number of methoxy groups -OCH3 is 1. The molecular formula is C21H26ClN3O3. The molecular weight excluding hydrogens is 378 g/mol. The van der Waals surface area contributed by atoms with Crippen LogP contribution in [0.3, 0.4) is 0 Å². The Labute approximate surface area is 170 Å². The second-order valence-electron chi connectivity index (χ2n) is 6.74. The highest BCUT2D eigenvalue weighted by Crippen LogP contribution is 2.36. The first kappa shape index (κ1) is 20.3. The highest BCUT2D eigenvalue weighted by Gasteiger charge is 2.16. The molecule has 1 aromatic heterocycles. The van der Waals surface area contributed by atoms with Gasteiger partial charge in [0, 0.05) is 31.4 Å². The predicted molar refractivity (Wildman–Crippen MR) is 111 cm³/mol. The van der Waals surface area contributed by atoms with Crippen LogP contribution < -0.4 is 19.7 Å². The van der Waals surface area contributed by atoms with E-state index < -0.39 is 0 Å². The van der Waals surface area contributed by atoms with Crippen molar-refractivity contribution in [2.75, 3.05) is 31.7 Å². The Morgan fingerprint density at radius 3 is 2.71 bits per heavy atom. The lowest BCUT2D eigenvalue weighted by Gasteiger charge is -2.16. The number of carbonyl (C=O) groups excluding carboxylic acids is 1. The molecule has 1 saturated heterocycles. The molecule has 1 fully saturated rings. The molecule has 0 spiro atoms. The molecule has 2 aromatic rings. The lowest BCUT2D eigenvalue weighted by atomic mass is 10.1. The summed E-state index contributed by atoms with van der Waals surface area (Å²) < 4.78 is 11.0. The van der Waals surface area contributed by atoms with E-state index >= 15 is 0 Å². The summed E-state index contributed by atoms with van der Waals surface area (Å²) in [5.41, 5.74) is 1.37. The molecule has 0 bridgehead atoms. The molecule has 6 nitrogen and oxygen atoms in total. The summed E-state index contributed by atoms with van der Waals surface area (Å²) in [5.74, 6) is 1.67. The molecule has 1 aliphatic heterocycles. The van der Waals surface area contributed by atoms with Crippen LogP contribution in [0.4, 0.5) is 5.82 Å². The van der Waals surface area contributed by atoms with Gasteiger partial charge in [-0.1, -0.05) is 24.6 Å². The molecule has 3 rings (SSSR count). The minimum atomic E-state index is -0.231. The van der Waals surface area contributed by atoms with Crippen molar-refractivity contribution in [2.45, 2.75) is 32.7 Å². The van der Waals surface area contributed by atoms with E-state index in [1.807, 2.05) is 25.3 Å². The highest BCUT2D eigenvalue weighted by molar-refractivity contribution is 6.32. The van der Waals surface area contributed by atoms with Crippen molar-refractivity contribution in [1.29, 1.82) is 0 Å². The summed E-state index contributed by atoms with van der Waals surface area (Å²) in [6, 6.07) is 7.24. The fraction of sp³-hybridized carbons (Fsp3) is 0.429. The Morgan fingerprint density at radius 1 is 1.29 bits per heavy atom. The molecule has 0 unspecified atom stereocenters. The number of hydrogen-bond acceptors (Lipinski definition) is 5. The van der Waals surface area contributed by atoms with Crippen LogP contribution in [0.2, 0.25) is 5.02 Å². The van der Waals surface area contributed by atoms with Gasteiger partial charge in [0.05, 0.1) is 18.7 Å². The zero-order valence-corrected chi connectivity index (χ0v) is 17.1. The van der Waals surface area contributed by atoms with E-state index in [1.54, 1.807) is 12.1 Å². The van der Waals surface area contributed by atoms with Gasteiger partial charge in [-0.2, -0.15) is 0 Å². The highest BCUT2D eigenvalue weighted by atomic mass is 35.5. The Kier molecular flexibility index (Phi) is 6.98. The van der Waals surface area contributed by atoms with Crippen LogP contribution in [-0.2, 0) is 6.54 Å². The molecule has 0 saturated carbocycles. The predicted octanol–water partition coefficient (Wildman–Crippen LogP) is 4.06. The monoisotopic (exact) mass is 403 g/mol. The van der Waals surface area contributed by atoms with Crippen molar-refractivity contribution in [3.05, 3.63) is 46.6 Å². The van der Waals surface area contributed by atoms with Gasteiger partial charge in [-0.15, -0.1) is 0 Å². The number of hydrogen-bond donors (Lipinski definition) is 1. The van der Waals surface area contributed by atoms with Crippen LogP contribution in [0.1, 0.15) is 42.1 Å². The lowest BCUT2D eigenvalue weighted by molar-refractivity contribution is 0.0950. The van der Waals surface area contributed by atoms with Gasteiger partial charge in [-0.3, -0.25) is 4.79 Å². The molecule has 2 heterocycles. The first-order valence-corrected chi connectivity index (χ1v) is 9.98.